The highest BCUT2D eigenvalue weighted by atomic mass is 16.6. The van der Waals surface area contributed by atoms with Crippen molar-refractivity contribution >= 4 is 5.91 Å². The Morgan fingerprint density at radius 1 is 1.19 bits per heavy atom. The van der Waals surface area contributed by atoms with Gasteiger partial charge in [0.05, 0.1) is 32.1 Å². The van der Waals surface area contributed by atoms with Crippen LogP contribution in [0, 0.1) is 5.92 Å². The average molecular weight is 427 g/mol. The highest BCUT2D eigenvalue weighted by molar-refractivity contribution is 5.94. The zero-order valence-corrected chi connectivity index (χ0v) is 17.9. The average Bonchev–Trinajstić information content (AvgIpc) is 3.52. The molecule has 3 fully saturated rings. The minimum absolute atomic E-state index is 0.0173. The molecule has 1 aromatic carbocycles. The summed E-state index contributed by atoms with van der Waals surface area (Å²) >= 11 is 0. The molecule has 8 heteroatoms. The van der Waals surface area contributed by atoms with Gasteiger partial charge in [-0.3, -0.25) is 4.79 Å². The number of carbonyl (C=O) groups is 1. The number of ether oxygens (including phenoxy) is 3. The van der Waals surface area contributed by atoms with Crippen molar-refractivity contribution in [3.05, 3.63) is 41.7 Å². The van der Waals surface area contributed by atoms with Gasteiger partial charge in [0, 0.05) is 11.8 Å². The Labute approximate surface area is 182 Å². The number of aromatic nitrogens is 3. The van der Waals surface area contributed by atoms with Crippen LogP contribution in [0.15, 0.2) is 30.5 Å². The van der Waals surface area contributed by atoms with E-state index in [1.54, 1.807) is 25.3 Å². The summed E-state index contributed by atoms with van der Waals surface area (Å²) in [6.07, 6.45) is 9.33. The second-order valence-electron chi connectivity index (χ2n) is 8.87. The van der Waals surface area contributed by atoms with Crippen LogP contribution in [0.3, 0.4) is 0 Å². The van der Waals surface area contributed by atoms with Crippen molar-refractivity contribution < 1.29 is 19.0 Å². The van der Waals surface area contributed by atoms with Gasteiger partial charge in [-0.15, -0.1) is 5.10 Å². The number of nitrogens with zero attached hydrogens (tertiary/aromatic N) is 3. The van der Waals surface area contributed by atoms with Crippen molar-refractivity contribution in [2.75, 3.05) is 20.3 Å². The second-order valence-corrected chi connectivity index (χ2v) is 8.87. The predicted molar refractivity (Wildman–Crippen MR) is 113 cm³/mol. The van der Waals surface area contributed by atoms with Gasteiger partial charge in [0.15, 0.2) is 0 Å². The van der Waals surface area contributed by atoms with Crippen LogP contribution < -0.4 is 10.1 Å². The molecule has 5 rings (SSSR count). The molecule has 0 radical (unpaired) electrons. The summed E-state index contributed by atoms with van der Waals surface area (Å²) < 4.78 is 19.2. The highest BCUT2D eigenvalue weighted by Gasteiger charge is 2.49. The van der Waals surface area contributed by atoms with E-state index in [4.69, 9.17) is 14.2 Å². The zero-order chi connectivity index (χ0) is 21.2. The molecule has 2 aliphatic heterocycles. The van der Waals surface area contributed by atoms with Gasteiger partial charge in [0.1, 0.15) is 24.0 Å². The molecule has 2 saturated heterocycles. The number of amides is 1. The first-order valence-electron chi connectivity index (χ1n) is 11.3. The van der Waals surface area contributed by atoms with E-state index in [2.05, 4.69) is 21.8 Å². The largest absolute Gasteiger partial charge is 0.497 e. The summed E-state index contributed by atoms with van der Waals surface area (Å²) in [5, 5.41) is 11.9. The van der Waals surface area contributed by atoms with E-state index in [0.29, 0.717) is 24.5 Å². The first-order chi connectivity index (χ1) is 15.2. The maximum absolute atomic E-state index is 12.7. The molecule has 0 unspecified atom stereocenters. The molecule has 8 nitrogen and oxygen atoms in total. The first-order valence-corrected chi connectivity index (χ1v) is 11.3. The lowest BCUT2D eigenvalue weighted by atomic mass is 9.86. The number of hydrogen-bond acceptors (Lipinski definition) is 6. The third-order valence-corrected chi connectivity index (χ3v) is 6.80. The van der Waals surface area contributed by atoms with Crippen LogP contribution in [-0.4, -0.2) is 59.5 Å². The molecule has 1 saturated carbocycles. The third kappa shape index (κ3) is 4.32. The van der Waals surface area contributed by atoms with Crippen LogP contribution >= 0.6 is 0 Å². The fraction of sp³-hybridized carbons (Fsp3) is 0.609. The number of fused-ring (bicyclic) bond motifs is 1. The molecule has 1 aliphatic carbocycles. The smallest absolute Gasteiger partial charge is 0.251 e. The van der Waals surface area contributed by atoms with E-state index in [9.17, 15) is 4.79 Å². The van der Waals surface area contributed by atoms with E-state index in [-0.39, 0.29) is 30.2 Å². The van der Waals surface area contributed by atoms with Crippen LogP contribution in [0.2, 0.25) is 0 Å². The van der Waals surface area contributed by atoms with Crippen molar-refractivity contribution in [2.45, 2.75) is 62.8 Å². The van der Waals surface area contributed by atoms with Crippen molar-refractivity contribution in [3.8, 4) is 5.75 Å². The van der Waals surface area contributed by atoms with Gasteiger partial charge in [-0.25, -0.2) is 4.68 Å². The minimum atomic E-state index is -0.195. The lowest BCUT2D eigenvalue weighted by Crippen LogP contribution is -2.44. The number of hydrogen-bond donors (Lipinski definition) is 1. The molecular formula is C23H30N4O4. The molecule has 4 atom stereocenters. The van der Waals surface area contributed by atoms with Gasteiger partial charge >= 0.3 is 0 Å². The van der Waals surface area contributed by atoms with Gasteiger partial charge in [0.25, 0.3) is 5.91 Å². The van der Waals surface area contributed by atoms with Crippen molar-refractivity contribution in [1.29, 1.82) is 0 Å². The summed E-state index contributed by atoms with van der Waals surface area (Å²) in [5.74, 6) is 1.22. The Morgan fingerprint density at radius 3 is 2.87 bits per heavy atom. The standard InChI is InChI=1S/C23H30N4O4/c1-29-18-9-5-8-16(11-18)23(28)24-19-13-30-22-20(14-31-21(19)22)27-12-17(25-26-27)10-15-6-3-2-4-7-15/h5,8-9,11-12,15,19-22H,2-4,6-7,10,13-14H2,1H3,(H,24,28)/t19-,20-,21+,22+/m0/s1. The molecule has 1 N–H and O–H groups in total. The number of carbonyl (C=O) groups excluding carboxylic acids is 1. The van der Waals surface area contributed by atoms with Crippen molar-refractivity contribution in [3.63, 3.8) is 0 Å². The zero-order valence-electron chi connectivity index (χ0n) is 17.9. The topological polar surface area (TPSA) is 87.5 Å². The molecule has 0 spiro atoms. The van der Waals surface area contributed by atoms with Gasteiger partial charge in [-0.2, -0.15) is 0 Å². The third-order valence-electron chi connectivity index (χ3n) is 6.80. The molecule has 0 bridgehead atoms. The predicted octanol–water partition coefficient (Wildman–Crippen LogP) is 2.55. The Kier molecular flexibility index (Phi) is 5.91. The number of rotatable bonds is 6. The minimum Gasteiger partial charge on any atom is -0.497 e. The summed E-state index contributed by atoms with van der Waals surface area (Å²) in [4.78, 5) is 12.7. The maximum atomic E-state index is 12.7. The number of benzene rings is 1. The SMILES string of the molecule is COc1cccc(C(=O)N[C@H]2CO[C@H]3[C@@H]2OC[C@@H]3n2cc(CC3CCCCC3)nn2)c1. The van der Waals surface area contributed by atoms with Crippen molar-refractivity contribution in [2.24, 2.45) is 5.92 Å². The maximum Gasteiger partial charge on any atom is 0.251 e. The van der Waals surface area contributed by atoms with E-state index < -0.39 is 0 Å². The fourth-order valence-electron chi connectivity index (χ4n) is 5.10. The van der Waals surface area contributed by atoms with Crippen LogP contribution in [0.4, 0.5) is 0 Å². The molecule has 166 valence electrons. The molecule has 1 aromatic heterocycles. The van der Waals surface area contributed by atoms with Crippen LogP contribution in [0.25, 0.3) is 0 Å². The molecule has 1 amide bonds. The van der Waals surface area contributed by atoms with Crippen LogP contribution in [0.1, 0.15) is 54.2 Å². The summed E-state index contributed by atoms with van der Waals surface area (Å²) in [6, 6.07) is 6.91. The van der Waals surface area contributed by atoms with E-state index >= 15 is 0 Å². The van der Waals surface area contributed by atoms with Crippen LogP contribution in [0.5, 0.6) is 5.75 Å². The molecule has 3 aliphatic rings. The highest BCUT2D eigenvalue weighted by Crippen LogP contribution is 2.34. The van der Waals surface area contributed by atoms with Gasteiger partial charge in [0.2, 0.25) is 0 Å². The van der Waals surface area contributed by atoms with E-state index in [0.717, 1.165) is 18.0 Å². The normalized spacial score (nSPS) is 28.4. The van der Waals surface area contributed by atoms with Crippen molar-refractivity contribution in [1.82, 2.24) is 20.3 Å². The summed E-state index contributed by atoms with van der Waals surface area (Å²) in [7, 11) is 1.59. The molecule has 31 heavy (non-hydrogen) atoms. The van der Waals surface area contributed by atoms with Gasteiger partial charge in [-0.05, 0) is 30.5 Å². The second kappa shape index (κ2) is 8.96. The fourth-order valence-corrected chi connectivity index (χ4v) is 5.10. The van der Waals surface area contributed by atoms with Gasteiger partial charge < -0.3 is 19.5 Å². The van der Waals surface area contributed by atoms with E-state index in [1.165, 1.54) is 32.1 Å². The van der Waals surface area contributed by atoms with E-state index in [1.807, 2.05) is 10.7 Å². The summed E-state index contributed by atoms with van der Waals surface area (Å²) in [6.45, 7) is 0.929. The van der Waals surface area contributed by atoms with Gasteiger partial charge in [-0.1, -0.05) is 43.4 Å². The molecular weight excluding hydrogens is 396 g/mol. The summed E-state index contributed by atoms with van der Waals surface area (Å²) in [5.41, 5.74) is 1.61. The number of methoxy groups -OCH3 is 1. The first kappa shape index (κ1) is 20.5. The van der Waals surface area contributed by atoms with Crippen LogP contribution in [-0.2, 0) is 15.9 Å². The monoisotopic (exact) mass is 426 g/mol. The Bertz CT molecular complexity index is 910. The number of nitrogens with one attached hydrogen (secondary N) is 1. The molecule has 2 aromatic rings. The lowest BCUT2D eigenvalue weighted by Gasteiger charge is -2.20. The Balaban J connectivity index is 1.20. The lowest BCUT2D eigenvalue weighted by molar-refractivity contribution is 0.0613. The molecule has 3 heterocycles. The quantitative estimate of drug-likeness (QED) is 0.764. The Morgan fingerprint density at radius 2 is 2.03 bits per heavy atom. The Hall–Kier alpha value is -2.45.